The van der Waals surface area contributed by atoms with Gasteiger partial charge in [-0.2, -0.15) is 5.10 Å². The van der Waals surface area contributed by atoms with E-state index in [1.54, 1.807) is 0 Å². The third-order valence-electron chi connectivity index (χ3n) is 3.34. The fourth-order valence-electron chi connectivity index (χ4n) is 2.73. The van der Waals surface area contributed by atoms with Crippen LogP contribution in [0, 0.1) is 11.8 Å². The van der Waals surface area contributed by atoms with E-state index in [-0.39, 0.29) is 0 Å². The molecule has 1 aromatic rings. The minimum Gasteiger partial charge on any atom is -0.282 e. The van der Waals surface area contributed by atoms with E-state index < -0.39 is 0 Å². The number of H-pyrrole nitrogens is 1. The van der Waals surface area contributed by atoms with Crippen LogP contribution in [-0.4, -0.2) is 10.2 Å². The molecule has 58 valence electrons. The maximum absolute atomic E-state index is 4.06. The van der Waals surface area contributed by atoms with Gasteiger partial charge in [-0.25, -0.2) is 0 Å². The van der Waals surface area contributed by atoms with Crippen molar-refractivity contribution in [3.05, 3.63) is 17.5 Å². The van der Waals surface area contributed by atoms with Gasteiger partial charge in [0.2, 0.25) is 0 Å². The monoisotopic (exact) mass is 148 g/mol. The van der Waals surface area contributed by atoms with Crippen LogP contribution in [0.15, 0.2) is 6.20 Å². The largest absolute Gasteiger partial charge is 0.282 e. The molecule has 0 spiro atoms. The predicted octanol–water partition coefficient (Wildman–Crippen LogP) is 1.71. The second kappa shape index (κ2) is 1.68. The topological polar surface area (TPSA) is 28.7 Å². The van der Waals surface area contributed by atoms with Gasteiger partial charge in [0.1, 0.15) is 0 Å². The van der Waals surface area contributed by atoms with Gasteiger partial charge in [-0.3, -0.25) is 5.10 Å². The van der Waals surface area contributed by atoms with Crippen molar-refractivity contribution in [1.29, 1.82) is 0 Å². The number of aromatic nitrogens is 2. The van der Waals surface area contributed by atoms with Crippen molar-refractivity contribution in [3.63, 3.8) is 0 Å². The molecule has 0 radical (unpaired) electrons. The predicted molar refractivity (Wildman–Crippen MR) is 42.3 cm³/mol. The summed E-state index contributed by atoms with van der Waals surface area (Å²) in [6, 6.07) is 0. The highest BCUT2D eigenvalue weighted by molar-refractivity contribution is 5.36. The summed E-state index contributed by atoms with van der Waals surface area (Å²) in [7, 11) is 0. The van der Waals surface area contributed by atoms with Crippen LogP contribution >= 0.6 is 0 Å². The van der Waals surface area contributed by atoms with Crippen molar-refractivity contribution in [2.45, 2.75) is 25.7 Å². The maximum atomic E-state index is 4.06. The second-order valence-corrected chi connectivity index (χ2v) is 3.77. The molecule has 0 unspecified atom stereocenters. The number of rotatable bonds is 1. The van der Waals surface area contributed by atoms with E-state index in [4.69, 9.17) is 0 Å². The van der Waals surface area contributed by atoms with Crippen molar-refractivity contribution in [2.24, 2.45) is 11.8 Å². The van der Waals surface area contributed by atoms with Crippen LogP contribution in [0.4, 0.5) is 0 Å². The summed E-state index contributed by atoms with van der Waals surface area (Å²) in [4.78, 5) is 0. The van der Waals surface area contributed by atoms with Crippen molar-refractivity contribution in [3.8, 4) is 0 Å². The second-order valence-electron chi connectivity index (χ2n) is 3.77. The van der Waals surface area contributed by atoms with Crippen LogP contribution in [0.2, 0.25) is 0 Å². The Morgan fingerprint density at radius 2 is 2.64 bits per heavy atom. The molecule has 3 atom stereocenters. The molecule has 2 aliphatic carbocycles. The Hall–Kier alpha value is -0.790. The lowest BCUT2D eigenvalue weighted by molar-refractivity contribution is 0.669. The number of hydrogen-bond acceptors (Lipinski definition) is 1. The number of fused-ring (bicyclic) bond motifs is 3. The third-order valence-corrected chi connectivity index (χ3v) is 3.34. The molecule has 1 aromatic heterocycles. The molecule has 0 amide bonds. The molecule has 2 heteroatoms. The number of hydrogen-bond donors (Lipinski definition) is 1. The van der Waals surface area contributed by atoms with E-state index in [1.807, 2.05) is 6.20 Å². The zero-order chi connectivity index (χ0) is 7.42. The summed E-state index contributed by atoms with van der Waals surface area (Å²) in [5, 5.41) is 7.19. The molecular formula is C9H12N2. The summed E-state index contributed by atoms with van der Waals surface area (Å²) in [5.74, 6) is 2.81. The van der Waals surface area contributed by atoms with Crippen LogP contribution in [-0.2, 0) is 6.42 Å². The lowest BCUT2D eigenvalue weighted by Gasteiger charge is -1.97. The third kappa shape index (κ3) is 0.561. The summed E-state index contributed by atoms with van der Waals surface area (Å²) in [5.41, 5.74) is 2.92. The van der Waals surface area contributed by atoms with E-state index in [1.165, 1.54) is 24.1 Å². The molecule has 1 fully saturated rings. The maximum Gasteiger partial charge on any atom is 0.0522 e. The first-order valence-electron chi connectivity index (χ1n) is 4.44. The smallest absolute Gasteiger partial charge is 0.0522 e. The molecular weight excluding hydrogens is 136 g/mol. The SMILES string of the molecule is CC[C@H]1[C@@H]2Cc3cn[nH]c3[C@H]12. The molecule has 0 aliphatic heterocycles. The molecule has 0 aromatic carbocycles. The first-order valence-corrected chi connectivity index (χ1v) is 4.44. The van der Waals surface area contributed by atoms with Gasteiger partial charge >= 0.3 is 0 Å². The van der Waals surface area contributed by atoms with Gasteiger partial charge in [0, 0.05) is 11.6 Å². The quantitative estimate of drug-likeness (QED) is 0.645. The molecule has 11 heavy (non-hydrogen) atoms. The lowest BCUT2D eigenvalue weighted by atomic mass is 10.1. The number of nitrogens with zero attached hydrogens (tertiary/aromatic N) is 1. The van der Waals surface area contributed by atoms with Crippen molar-refractivity contribution in [1.82, 2.24) is 10.2 Å². The Morgan fingerprint density at radius 1 is 1.73 bits per heavy atom. The van der Waals surface area contributed by atoms with Crippen molar-refractivity contribution in [2.75, 3.05) is 0 Å². The average molecular weight is 148 g/mol. The summed E-state index contributed by atoms with van der Waals surface area (Å²) < 4.78 is 0. The summed E-state index contributed by atoms with van der Waals surface area (Å²) in [6.45, 7) is 2.29. The average Bonchev–Trinajstić information content (AvgIpc) is 2.45. The minimum absolute atomic E-state index is 0.859. The first kappa shape index (κ1) is 5.81. The highest BCUT2D eigenvalue weighted by Crippen LogP contribution is 2.61. The molecule has 1 N–H and O–H groups in total. The van der Waals surface area contributed by atoms with Gasteiger partial charge in [0.15, 0.2) is 0 Å². The van der Waals surface area contributed by atoms with Gasteiger partial charge in [-0.15, -0.1) is 0 Å². The molecule has 2 nitrogen and oxygen atoms in total. The Balaban J connectivity index is 1.99. The Kier molecular flexibility index (Phi) is 0.888. The minimum atomic E-state index is 0.859. The van der Waals surface area contributed by atoms with E-state index in [0.29, 0.717) is 0 Å². The Labute approximate surface area is 66.0 Å². The van der Waals surface area contributed by atoms with Crippen molar-refractivity contribution < 1.29 is 0 Å². The van der Waals surface area contributed by atoms with Gasteiger partial charge in [0.05, 0.1) is 6.20 Å². The molecule has 3 rings (SSSR count). The molecule has 1 saturated carbocycles. The van der Waals surface area contributed by atoms with Gasteiger partial charge in [-0.1, -0.05) is 13.3 Å². The first-order chi connectivity index (χ1) is 5.42. The van der Waals surface area contributed by atoms with Crippen LogP contribution in [0.25, 0.3) is 0 Å². The zero-order valence-corrected chi connectivity index (χ0v) is 6.67. The normalized spacial score (nSPS) is 38.5. The van der Waals surface area contributed by atoms with Gasteiger partial charge in [0.25, 0.3) is 0 Å². The summed E-state index contributed by atoms with van der Waals surface area (Å²) in [6.07, 6.45) is 4.62. The van der Waals surface area contributed by atoms with Gasteiger partial charge in [-0.05, 0) is 23.8 Å². The fourth-order valence-corrected chi connectivity index (χ4v) is 2.73. The highest BCUT2D eigenvalue weighted by Gasteiger charge is 2.55. The van der Waals surface area contributed by atoms with E-state index >= 15 is 0 Å². The summed E-state index contributed by atoms with van der Waals surface area (Å²) >= 11 is 0. The Morgan fingerprint density at radius 3 is 3.45 bits per heavy atom. The van der Waals surface area contributed by atoms with E-state index in [2.05, 4.69) is 17.1 Å². The standard InChI is InChI=1S/C9H12N2/c1-2-6-7-3-5-4-10-11-9(5)8(6)7/h4,6-8H,2-3H2,1H3,(H,10,11)/t6-,7-,8+/m0/s1. The lowest BCUT2D eigenvalue weighted by Crippen LogP contribution is -1.89. The highest BCUT2D eigenvalue weighted by atomic mass is 15.1. The van der Waals surface area contributed by atoms with E-state index in [9.17, 15) is 0 Å². The van der Waals surface area contributed by atoms with Crippen molar-refractivity contribution >= 4 is 0 Å². The number of nitrogens with one attached hydrogen (secondary N) is 1. The van der Waals surface area contributed by atoms with Crippen LogP contribution in [0.3, 0.4) is 0 Å². The molecule has 0 saturated heterocycles. The molecule has 0 bridgehead atoms. The van der Waals surface area contributed by atoms with Crippen LogP contribution in [0.1, 0.15) is 30.5 Å². The van der Waals surface area contributed by atoms with E-state index in [0.717, 1.165) is 17.8 Å². The Bertz CT molecular complexity index is 290. The zero-order valence-electron chi connectivity index (χ0n) is 6.67. The number of aromatic amines is 1. The molecule has 1 heterocycles. The molecule has 2 aliphatic rings. The van der Waals surface area contributed by atoms with Crippen LogP contribution < -0.4 is 0 Å². The van der Waals surface area contributed by atoms with Crippen LogP contribution in [0.5, 0.6) is 0 Å². The van der Waals surface area contributed by atoms with Gasteiger partial charge < -0.3 is 0 Å². The fraction of sp³-hybridized carbons (Fsp3) is 0.667.